The van der Waals surface area contributed by atoms with E-state index in [1.54, 1.807) is 0 Å². The number of nitrogens with one attached hydrogen (secondary N) is 1. The smallest absolute Gasteiger partial charge is 0.340 e. The first-order valence-electron chi connectivity index (χ1n) is 4.77. The first kappa shape index (κ1) is 13.0. The molecular weight excluding hydrogens is 220 g/mol. The van der Waals surface area contributed by atoms with Gasteiger partial charge >= 0.3 is 5.97 Å². The van der Waals surface area contributed by atoms with Crippen LogP contribution in [0.5, 0.6) is 0 Å². The predicted octanol–water partition coefficient (Wildman–Crippen LogP) is -2.84. The highest BCUT2D eigenvalue weighted by atomic mass is 16.8. The monoisotopic (exact) mass is 234 g/mol. The summed E-state index contributed by atoms with van der Waals surface area (Å²) in [6, 6.07) is 0. The standard InChI is InChI=1S/C8H14N2O6/c11-5(7(13)14)6(12)8(15)16-10-3-1-9-2-4-10/h5,8-9,11,15H,1-4H2,(H,13,14). The molecule has 2 unspecified atom stereocenters. The molecule has 1 aliphatic rings. The number of aliphatic carboxylic acids is 1. The number of hydrogen-bond donors (Lipinski definition) is 4. The zero-order valence-corrected chi connectivity index (χ0v) is 8.50. The number of carbonyl (C=O) groups is 2. The topological polar surface area (TPSA) is 119 Å². The molecule has 16 heavy (non-hydrogen) atoms. The second kappa shape index (κ2) is 5.87. The van der Waals surface area contributed by atoms with Crippen molar-refractivity contribution in [3.63, 3.8) is 0 Å². The summed E-state index contributed by atoms with van der Waals surface area (Å²) in [5.41, 5.74) is 0. The normalized spacial score (nSPS) is 21.4. The van der Waals surface area contributed by atoms with Crippen LogP contribution in [0.25, 0.3) is 0 Å². The summed E-state index contributed by atoms with van der Waals surface area (Å²) in [6.07, 6.45) is -4.22. The van der Waals surface area contributed by atoms with Crippen LogP contribution in [0.4, 0.5) is 0 Å². The van der Waals surface area contributed by atoms with E-state index in [0.29, 0.717) is 26.2 Å². The van der Waals surface area contributed by atoms with Gasteiger partial charge in [0.25, 0.3) is 0 Å². The van der Waals surface area contributed by atoms with Crippen molar-refractivity contribution >= 4 is 11.8 Å². The number of aliphatic hydroxyl groups is 2. The van der Waals surface area contributed by atoms with Crippen LogP contribution in [-0.4, -0.2) is 70.7 Å². The van der Waals surface area contributed by atoms with Crippen LogP contribution in [0, 0.1) is 0 Å². The molecule has 92 valence electrons. The molecule has 0 bridgehead atoms. The van der Waals surface area contributed by atoms with Crippen molar-refractivity contribution in [1.29, 1.82) is 0 Å². The second-order valence-electron chi connectivity index (χ2n) is 3.28. The van der Waals surface area contributed by atoms with Crippen molar-refractivity contribution < 1.29 is 29.7 Å². The van der Waals surface area contributed by atoms with Gasteiger partial charge in [-0.2, -0.15) is 5.06 Å². The molecule has 1 aliphatic heterocycles. The average Bonchev–Trinajstić information content (AvgIpc) is 2.28. The highest BCUT2D eigenvalue weighted by Crippen LogP contribution is 2.01. The largest absolute Gasteiger partial charge is 0.479 e. The highest BCUT2D eigenvalue weighted by Gasteiger charge is 2.31. The molecule has 1 rings (SSSR count). The maximum absolute atomic E-state index is 11.1. The van der Waals surface area contributed by atoms with Crippen LogP contribution >= 0.6 is 0 Å². The van der Waals surface area contributed by atoms with Crippen molar-refractivity contribution in [2.45, 2.75) is 12.4 Å². The van der Waals surface area contributed by atoms with E-state index in [4.69, 9.17) is 15.1 Å². The Bertz CT molecular complexity index is 265. The van der Waals surface area contributed by atoms with Crippen LogP contribution in [0.3, 0.4) is 0 Å². The van der Waals surface area contributed by atoms with Gasteiger partial charge in [0.05, 0.1) is 0 Å². The molecule has 0 aromatic rings. The molecular formula is C8H14N2O6. The molecule has 0 amide bonds. The number of piperazine rings is 1. The van der Waals surface area contributed by atoms with Gasteiger partial charge < -0.3 is 20.6 Å². The summed E-state index contributed by atoms with van der Waals surface area (Å²) < 4.78 is 0. The Labute approximate surface area is 91.4 Å². The van der Waals surface area contributed by atoms with Gasteiger partial charge in [0, 0.05) is 26.2 Å². The lowest BCUT2D eigenvalue weighted by Gasteiger charge is -2.28. The van der Waals surface area contributed by atoms with E-state index >= 15 is 0 Å². The number of Topliss-reactive ketones (excluding diaryl/α,β-unsaturated/α-hetero) is 1. The molecule has 0 spiro atoms. The van der Waals surface area contributed by atoms with Gasteiger partial charge in [0.15, 0.2) is 0 Å². The van der Waals surface area contributed by atoms with E-state index in [1.165, 1.54) is 5.06 Å². The van der Waals surface area contributed by atoms with Gasteiger partial charge in [-0.25, -0.2) is 4.79 Å². The van der Waals surface area contributed by atoms with E-state index in [9.17, 15) is 14.7 Å². The van der Waals surface area contributed by atoms with Crippen molar-refractivity contribution in [3.05, 3.63) is 0 Å². The maximum Gasteiger partial charge on any atom is 0.340 e. The minimum Gasteiger partial charge on any atom is -0.479 e. The van der Waals surface area contributed by atoms with Gasteiger partial charge in [-0.1, -0.05) is 0 Å². The summed E-state index contributed by atoms with van der Waals surface area (Å²) in [7, 11) is 0. The third kappa shape index (κ3) is 3.51. The van der Waals surface area contributed by atoms with Gasteiger partial charge in [-0.05, 0) is 0 Å². The number of carboxylic acid groups (broad SMARTS) is 1. The molecule has 1 saturated heterocycles. The number of carboxylic acids is 1. The van der Waals surface area contributed by atoms with Crippen molar-refractivity contribution in [1.82, 2.24) is 10.4 Å². The van der Waals surface area contributed by atoms with Gasteiger partial charge in [0.1, 0.15) is 0 Å². The van der Waals surface area contributed by atoms with Crippen molar-refractivity contribution in [2.75, 3.05) is 26.2 Å². The van der Waals surface area contributed by atoms with Gasteiger partial charge in [0.2, 0.25) is 18.2 Å². The number of rotatable bonds is 5. The zero-order valence-electron chi connectivity index (χ0n) is 8.50. The average molecular weight is 234 g/mol. The molecule has 8 nitrogen and oxygen atoms in total. The SMILES string of the molecule is O=C(O)C(O)C(=O)C(O)ON1CCNCC1. The molecule has 0 aromatic heterocycles. The first-order chi connectivity index (χ1) is 7.52. The number of hydroxylamine groups is 2. The van der Waals surface area contributed by atoms with Gasteiger partial charge in [-0.15, -0.1) is 0 Å². The fraction of sp³-hybridized carbons (Fsp3) is 0.750. The number of carbonyl (C=O) groups excluding carboxylic acids is 1. The molecule has 4 N–H and O–H groups in total. The van der Waals surface area contributed by atoms with Crippen LogP contribution in [0.15, 0.2) is 0 Å². The van der Waals surface area contributed by atoms with Crippen molar-refractivity contribution in [2.24, 2.45) is 0 Å². The third-order valence-electron chi connectivity index (χ3n) is 2.07. The lowest BCUT2D eigenvalue weighted by atomic mass is 10.2. The Morgan fingerprint density at radius 1 is 1.25 bits per heavy atom. The minimum atomic E-state index is -2.27. The lowest BCUT2D eigenvalue weighted by Crippen LogP contribution is -2.48. The van der Waals surface area contributed by atoms with Crippen LogP contribution in [-0.2, 0) is 14.4 Å². The Morgan fingerprint density at radius 2 is 1.81 bits per heavy atom. The molecule has 0 aliphatic carbocycles. The van der Waals surface area contributed by atoms with Crippen LogP contribution in [0.2, 0.25) is 0 Å². The molecule has 8 heteroatoms. The lowest BCUT2D eigenvalue weighted by molar-refractivity contribution is -0.260. The fourth-order valence-corrected chi connectivity index (χ4v) is 1.20. The first-order valence-corrected chi connectivity index (χ1v) is 4.77. The summed E-state index contributed by atoms with van der Waals surface area (Å²) in [4.78, 5) is 26.2. The Kier molecular flexibility index (Phi) is 4.77. The summed E-state index contributed by atoms with van der Waals surface area (Å²) in [5.74, 6) is -3.00. The van der Waals surface area contributed by atoms with E-state index in [1.807, 2.05) is 0 Å². The summed E-state index contributed by atoms with van der Waals surface area (Å²) >= 11 is 0. The van der Waals surface area contributed by atoms with E-state index in [0.717, 1.165) is 0 Å². The summed E-state index contributed by atoms with van der Waals surface area (Å²) in [6.45, 7) is 2.21. The van der Waals surface area contributed by atoms with Crippen LogP contribution in [0.1, 0.15) is 0 Å². The molecule has 0 saturated carbocycles. The molecule has 0 aromatic carbocycles. The Morgan fingerprint density at radius 3 is 2.31 bits per heavy atom. The maximum atomic E-state index is 11.1. The summed E-state index contributed by atoms with van der Waals surface area (Å²) in [5, 5.41) is 30.8. The number of aliphatic hydroxyl groups excluding tert-OH is 2. The molecule has 2 atom stereocenters. The van der Waals surface area contributed by atoms with Crippen LogP contribution < -0.4 is 5.32 Å². The zero-order chi connectivity index (χ0) is 12.1. The number of hydrogen-bond acceptors (Lipinski definition) is 7. The molecule has 1 fully saturated rings. The second-order valence-corrected chi connectivity index (χ2v) is 3.28. The van der Waals surface area contributed by atoms with Crippen molar-refractivity contribution in [3.8, 4) is 0 Å². The Balaban J connectivity index is 2.41. The quantitative estimate of drug-likeness (QED) is 0.296. The van der Waals surface area contributed by atoms with E-state index in [2.05, 4.69) is 5.32 Å². The molecule has 0 radical (unpaired) electrons. The fourth-order valence-electron chi connectivity index (χ4n) is 1.20. The van der Waals surface area contributed by atoms with E-state index < -0.39 is 24.1 Å². The minimum absolute atomic E-state index is 0.466. The van der Waals surface area contributed by atoms with E-state index in [-0.39, 0.29) is 0 Å². The Hall–Kier alpha value is -1.06. The number of ketones is 1. The predicted molar refractivity (Wildman–Crippen MR) is 50.2 cm³/mol. The third-order valence-corrected chi connectivity index (χ3v) is 2.07. The van der Waals surface area contributed by atoms with Gasteiger partial charge in [-0.3, -0.25) is 9.63 Å². The number of nitrogens with zero attached hydrogens (tertiary/aromatic N) is 1. The molecule has 1 heterocycles. The highest BCUT2D eigenvalue weighted by molar-refractivity contribution is 6.02.